The Morgan fingerprint density at radius 3 is 1.88 bits per heavy atom. The Labute approximate surface area is 257 Å². The van der Waals surface area contributed by atoms with E-state index in [2.05, 4.69) is 15.0 Å². The highest BCUT2D eigenvalue weighted by atomic mass is 24.3. The number of nitrogens with one attached hydrogen (secondary N) is 1. The Hall–Kier alpha value is -5.53. The van der Waals surface area contributed by atoms with E-state index in [0.29, 0.717) is 21.3 Å². The zero-order valence-electron chi connectivity index (χ0n) is 21.3. The number of aliphatic carboxylic acids is 1. The largest absolute Gasteiger partial charge is 0.478 e. The Morgan fingerprint density at radius 1 is 0.698 bits per heavy atom. The third-order valence-corrected chi connectivity index (χ3v) is 6.69. The molecule has 0 unspecified atom stereocenters. The molecule has 0 atom stereocenters. The maximum absolute atomic E-state index is 12.9. The quantitative estimate of drug-likeness (QED) is 0.189. The molecule has 0 radical (unpaired) electrons. The second kappa shape index (κ2) is 11.0. The zero-order chi connectivity index (χ0) is 29.7. The first-order valence-electron chi connectivity index (χ1n) is 12.3. The lowest BCUT2D eigenvalue weighted by Gasteiger charge is -2.06. The maximum Gasteiger partial charge on any atom is 0.416 e. The van der Waals surface area contributed by atoms with Crippen LogP contribution < -0.4 is 0 Å². The molecule has 0 saturated carbocycles. The van der Waals surface area contributed by atoms with Crippen LogP contribution in [0, 0.1) is 0 Å². The number of aromatic nitrogens is 4. The van der Waals surface area contributed by atoms with E-state index < -0.39 is 51.9 Å². The Morgan fingerprint density at radius 2 is 1.30 bits per heavy atom. The fourth-order valence-corrected chi connectivity index (χ4v) is 5.06. The van der Waals surface area contributed by atoms with E-state index in [9.17, 15) is 39.6 Å². The summed E-state index contributed by atoms with van der Waals surface area (Å²) >= 11 is 0. The molecule has 5 heterocycles. The lowest BCUT2D eigenvalue weighted by Crippen LogP contribution is -2.14. The molecule has 0 fully saturated rings. The van der Waals surface area contributed by atoms with E-state index in [1.165, 1.54) is 12.1 Å². The summed E-state index contributed by atoms with van der Waals surface area (Å²) in [6, 6.07) is 16.0. The van der Waals surface area contributed by atoms with Gasteiger partial charge in [-0.05, 0) is 54.1 Å². The van der Waals surface area contributed by atoms with Gasteiger partial charge in [0.15, 0.2) is 0 Å². The number of aromatic amines is 1. The summed E-state index contributed by atoms with van der Waals surface area (Å²) in [7, 11) is 0. The molecule has 12 nitrogen and oxygen atoms in total. The molecule has 8 bridgehead atoms. The predicted octanol–water partition coefficient (Wildman–Crippen LogP) is 4.26. The summed E-state index contributed by atoms with van der Waals surface area (Å²) in [5.41, 5.74) is -1.49. The molecular weight excluding hydrogens is 569 g/mol. The highest BCUT2D eigenvalue weighted by Crippen LogP contribution is 2.38. The van der Waals surface area contributed by atoms with Gasteiger partial charge in [-0.1, -0.05) is 30.3 Å². The third kappa shape index (κ3) is 5.07. The topological polar surface area (TPSA) is 196 Å². The molecule has 5 N–H and O–H groups in total. The van der Waals surface area contributed by atoms with Crippen LogP contribution in [0.15, 0.2) is 60.7 Å². The van der Waals surface area contributed by atoms with Crippen molar-refractivity contribution in [3.8, 4) is 11.1 Å². The molecule has 0 saturated heterocycles. The van der Waals surface area contributed by atoms with Gasteiger partial charge in [-0.25, -0.2) is 33.7 Å². The van der Waals surface area contributed by atoms with Gasteiger partial charge in [0.1, 0.15) is 5.56 Å². The minimum Gasteiger partial charge on any atom is -0.478 e. The Balaban J connectivity index is 0.00000368. The van der Waals surface area contributed by atoms with Crippen LogP contribution in [0.5, 0.6) is 0 Å². The van der Waals surface area contributed by atoms with Crippen LogP contribution >= 0.6 is 0 Å². The van der Waals surface area contributed by atoms with Crippen LogP contribution in [0.2, 0.25) is 0 Å². The number of carboxylic acids is 3. The minimum absolute atomic E-state index is 0. The van der Waals surface area contributed by atoms with Crippen molar-refractivity contribution in [3.63, 3.8) is 0 Å². The number of nitrogens with zero attached hydrogens (tertiary/aromatic N) is 3. The van der Waals surface area contributed by atoms with Gasteiger partial charge in [-0.3, -0.25) is 0 Å². The number of H-pyrrole nitrogens is 1. The molecule has 210 valence electrons. The monoisotopic (exact) mass is 588 g/mol. The number of fused-ring (bicyclic) bond motifs is 8. The predicted molar refractivity (Wildman–Crippen MR) is 160 cm³/mol. The molecule has 6 rings (SSSR count). The molecule has 4 aromatic rings. The van der Waals surface area contributed by atoms with Crippen molar-refractivity contribution in [2.24, 2.45) is 0 Å². The van der Waals surface area contributed by atoms with Crippen LogP contribution in [0.4, 0.5) is 4.79 Å². The van der Waals surface area contributed by atoms with E-state index in [1.807, 2.05) is 0 Å². The summed E-state index contributed by atoms with van der Waals surface area (Å²) in [4.78, 5) is 62.7. The zero-order valence-corrected chi connectivity index (χ0v) is 21.3. The molecule has 13 heteroatoms. The molecule has 0 amide bonds. The number of carboxylic acid groups (broad SMARTS) is 4. The number of hydrogen-bond acceptors (Lipinski definition) is 6. The second-order valence-corrected chi connectivity index (χ2v) is 9.30. The van der Waals surface area contributed by atoms with Gasteiger partial charge in [0.25, 0.3) is 0 Å². The van der Waals surface area contributed by atoms with Crippen molar-refractivity contribution in [2.45, 2.75) is 0 Å². The molecule has 0 aliphatic carbocycles. The van der Waals surface area contributed by atoms with Gasteiger partial charge >= 0.3 is 47.1 Å². The van der Waals surface area contributed by atoms with Gasteiger partial charge in [-0.2, -0.15) is 0 Å². The standard InChI is InChI=1S/C30H18N4O8.Mg.2H/c35-27(36)20-12-19-11-17-7-6-15(31-17)10-16-8-9-18(32-16)13-21-22(14-4-2-1-3-5-14)23(28(37)38)26(34(21)30(41)42)24(29(39)40)25(20)33-19;;;/h1-13,31H,(H,35,36)(H,37,38)(H,39,40)(H,41,42);;;. The average molecular weight is 589 g/mol. The van der Waals surface area contributed by atoms with Gasteiger partial charge in [0.2, 0.25) is 0 Å². The fourth-order valence-electron chi connectivity index (χ4n) is 5.06. The van der Waals surface area contributed by atoms with Crippen LogP contribution in [0.1, 0.15) is 43.5 Å². The molecular formula is C30H20MgN4O8. The van der Waals surface area contributed by atoms with E-state index in [0.717, 1.165) is 6.08 Å². The summed E-state index contributed by atoms with van der Waals surface area (Å²) in [6.07, 6.45) is 2.71. The lowest BCUT2D eigenvalue weighted by atomic mass is 9.99. The average Bonchev–Trinajstić information content (AvgIpc) is 3.71. The van der Waals surface area contributed by atoms with E-state index in [4.69, 9.17) is 0 Å². The summed E-state index contributed by atoms with van der Waals surface area (Å²) in [5, 5.41) is 41.3. The lowest BCUT2D eigenvalue weighted by molar-refractivity contribution is -0.130. The number of aromatic carboxylic acids is 2. The van der Waals surface area contributed by atoms with Crippen molar-refractivity contribution in [3.05, 3.63) is 94.6 Å². The van der Waals surface area contributed by atoms with Gasteiger partial charge in [0.05, 0.1) is 44.9 Å². The van der Waals surface area contributed by atoms with Crippen LogP contribution in [0.3, 0.4) is 0 Å². The number of rotatable bonds is 4. The number of carbonyl (C=O) groups is 4. The fraction of sp³-hybridized carbons (Fsp3) is 0. The van der Waals surface area contributed by atoms with Crippen molar-refractivity contribution >= 4 is 92.9 Å². The summed E-state index contributed by atoms with van der Waals surface area (Å²) in [6.45, 7) is 0. The molecule has 2 aliphatic heterocycles. The molecule has 43 heavy (non-hydrogen) atoms. The van der Waals surface area contributed by atoms with Crippen molar-refractivity contribution in [1.82, 2.24) is 19.5 Å². The van der Waals surface area contributed by atoms with Gasteiger partial charge < -0.3 is 25.4 Å². The van der Waals surface area contributed by atoms with Crippen molar-refractivity contribution in [1.29, 1.82) is 0 Å². The highest BCUT2D eigenvalue weighted by Gasteiger charge is 2.33. The van der Waals surface area contributed by atoms with Crippen molar-refractivity contribution < 1.29 is 39.6 Å². The molecule has 3 aromatic heterocycles. The second-order valence-electron chi connectivity index (χ2n) is 9.30. The highest BCUT2D eigenvalue weighted by molar-refractivity contribution is 6.25. The van der Waals surface area contributed by atoms with Crippen molar-refractivity contribution in [2.75, 3.05) is 0 Å². The van der Waals surface area contributed by atoms with Crippen LogP contribution in [-0.4, -0.2) is 87.0 Å². The molecule has 0 spiro atoms. The van der Waals surface area contributed by atoms with Crippen LogP contribution in [0.25, 0.3) is 57.0 Å². The minimum atomic E-state index is -1.78. The first kappa shape index (κ1) is 29.0. The third-order valence-electron chi connectivity index (χ3n) is 6.69. The SMILES string of the molecule is O=C(O)C1=Cc2cc3ccc(cc4nc(cc5c(-c6ccccc6)c(C(=O)O)c(c(C(=O)O)c1n2)n5C(=O)O)C=C4)[nH]3.[MgH2]. The van der Waals surface area contributed by atoms with E-state index in [-0.39, 0.29) is 51.1 Å². The van der Waals surface area contributed by atoms with E-state index >= 15 is 0 Å². The van der Waals surface area contributed by atoms with Gasteiger partial charge in [-0.15, -0.1) is 0 Å². The van der Waals surface area contributed by atoms with E-state index in [1.54, 1.807) is 60.7 Å². The number of benzene rings is 1. The Bertz CT molecular complexity index is 2110. The summed E-state index contributed by atoms with van der Waals surface area (Å²) in [5.74, 6) is -4.95. The normalized spacial score (nSPS) is 11.9. The summed E-state index contributed by atoms with van der Waals surface area (Å²) < 4.78 is 0.527. The molecule has 1 aromatic carbocycles. The van der Waals surface area contributed by atoms with Gasteiger partial charge in [0, 0.05) is 16.6 Å². The maximum atomic E-state index is 12.9. The van der Waals surface area contributed by atoms with Crippen LogP contribution in [-0.2, 0) is 4.79 Å². The number of hydrogen-bond donors (Lipinski definition) is 5. The molecule has 2 aliphatic rings. The smallest absolute Gasteiger partial charge is 0.416 e. The first-order valence-corrected chi connectivity index (χ1v) is 12.3. The Kier molecular flexibility index (Phi) is 7.44. The first-order chi connectivity index (χ1) is 20.1.